The van der Waals surface area contributed by atoms with Crippen molar-refractivity contribution in [2.45, 2.75) is 55.7 Å². The molecular formula is C17H8Cl10O2. The van der Waals surface area contributed by atoms with Crippen LogP contribution in [0.4, 0.5) is 0 Å². The lowest BCUT2D eigenvalue weighted by Crippen LogP contribution is -3.03. The van der Waals surface area contributed by atoms with Gasteiger partial charge in [0.05, 0.1) is 6.61 Å². The molecule has 0 saturated heterocycles. The van der Waals surface area contributed by atoms with Crippen LogP contribution < -0.4 is 0 Å². The predicted molar refractivity (Wildman–Crippen MR) is 119 cm³/mol. The minimum absolute atomic E-state index is 0.0857. The van der Waals surface area contributed by atoms with Gasteiger partial charge in [-0.15, -0.1) is 92.8 Å². The van der Waals surface area contributed by atoms with Gasteiger partial charge in [0.15, 0.2) is 4.33 Å². The molecule has 0 aromatic heterocycles. The van der Waals surface area contributed by atoms with Gasteiger partial charge in [-0.2, -0.15) is 0 Å². The molecule has 1 aromatic carbocycles. The molecule has 1 aromatic rings. The van der Waals surface area contributed by atoms with Crippen molar-refractivity contribution in [3.8, 4) is 0 Å². The fraction of sp³-hybridized carbons (Fsp3) is 0.647. The van der Waals surface area contributed by atoms with E-state index in [-0.39, 0.29) is 6.61 Å². The second-order valence-corrected chi connectivity index (χ2v) is 14.1. The van der Waals surface area contributed by atoms with E-state index in [0.29, 0.717) is 0 Å². The van der Waals surface area contributed by atoms with Gasteiger partial charge in [0.2, 0.25) is 5.79 Å². The normalized spacial score (nSPS) is 66.9. The second-order valence-electron chi connectivity index (χ2n) is 8.26. The summed E-state index contributed by atoms with van der Waals surface area (Å²) >= 11 is 69.0. The maximum Gasteiger partial charge on any atom is 0.212 e. The monoisotopic (exact) mass is 594 g/mol. The number of halogens is 10. The van der Waals surface area contributed by atoms with Crippen molar-refractivity contribution >= 4 is 116 Å². The molecule has 158 valence electrons. The molecular weight excluding hydrogens is 591 g/mol. The Hall–Kier alpha value is 2.04. The van der Waals surface area contributed by atoms with Gasteiger partial charge in [0, 0.05) is 0 Å². The highest BCUT2D eigenvalue weighted by Gasteiger charge is 3.33. The van der Waals surface area contributed by atoms with Crippen molar-refractivity contribution in [3.63, 3.8) is 0 Å². The maximum atomic E-state index is 11.8. The zero-order valence-corrected chi connectivity index (χ0v) is 21.3. The lowest BCUT2D eigenvalue weighted by atomic mass is 9.41. The molecule has 0 unspecified atom stereocenters. The average molecular weight is 599 g/mol. The fourth-order valence-corrected chi connectivity index (χ4v) is 15.6. The molecule has 7 rings (SSSR count). The molecule has 0 aliphatic heterocycles. The van der Waals surface area contributed by atoms with Crippen molar-refractivity contribution in [1.82, 2.24) is 0 Å². The van der Waals surface area contributed by atoms with E-state index in [4.69, 9.17) is 121 Å². The van der Waals surface area contributed by atoms with E-state index >= 15 is 0 Å². The first-order valence-corrected chi connectivity index (χ1v) is 12.2. The average Bonchev–Trinajstić information content (AvgIpc) is 2.90. The lowest BCUT2D eigenvalue weighted by molar-refractivity contribution is -0.243. The summed E-state index contributed by atoms with van der Waals surface area (Å²) in [7, 11) is 0. The molecule has 1 N–H and O–H groups in total. The first-order chi connectivity index (χ1) is 13.1. The molecule has 6 aliphatic carbocycles. The Morgan fingerprint density at radius 3 is 1.34 bits per heavy atom. The standard InChI is InChI=1S/C17H8Cl10O2/c18-8-9(19)13(23)11(21)10(20,12(8,22)16(13,26)27)14(8,24)17(28,15(9,11)25)29-6-7-4-2-1-3-5-7/h1-5,28H,6H2/t8-,9-,10-,11-,12?,13?,14?,15?,17?/m0/s1. The third-order valence-corrected chi connectivity index (χ3v) is 17.1. The van der Waals surface area contributed by atoms with Crippen LogP contribution in [0.15, 0.2) is 30.3 Å². The van der Waals surface area contributed by atoms with Crippen LogP contribution in [0, 0.1) is 0 Å². The molecule has 4 bridgehead atoms. The highest BCUT2D eigenvalue weighted by Crippen LogP contribution is 3.12. The van der Waals surface area contributed by atoms with Gasteiger partial charge >= 0.3 is 0 Å². The summed E-state index contributed by atoms with van der Waals surface area (Å²) in [5.41, 5.74) is 0.727. The molecule has 0 amide bonds. The van der Waals surface area contributed by atoms with Gasteiger partial charge in [-0.1, -0.05) is 53.5 Å². The number of alkyl halides is 10. The van der Waals surface area contributed by atoms with Crippen molar-refractivity contribution in [2.75, 3.05) is 0 Å². The summed E-state index contributed by atoms with van der Waals surface area (Å²) < 4.78 is 3.90. The number of benzene rings is 1. The first kappa shape index (κ1) is 21.6. The van der Waals surface area contributed by atoms with Crippen molar-refractivity contribution < 1.29 is 9.84 Å². The summed E-state index contributed by atoms with van der Waals surface area (Å²) in [6, 6.07) is 9.01. The van der Waals surface area contributed by atoms with Crippen LogP contribution in [0.2, 0.25) is 0 Å². The Bertz CT molecular complexity index is 931. The number of hydrogen-bond acceptors (Lipinski definition) is 2. The van der Waals surface area contributed by atoms with Gasteiger partial charge in [0.1, 0.15) is 39.0 Å². The van der Waals surface area contributed by atoms with E-state index in [1.807, 2.05) is 6.07 Å². The van der Waals surface area contributed by atoms with Crippen LogP contribution in [0.3, 0.4) is 0 Å². The Morgan fingerprint density at radius 2 is 0.966 bits per heavy atom. The zero-order chi connectivity index (χ0) is 21.5. The molecule has 6 fully saturated rings. The van der Waals surface area contributed by atoms with E-state index in [2.05, 4.69) is 0 Å². The highest BCUT2D eigenvalue weighted by molar-refractivity contribution is 6.78. The number of hydrogen-bond donors (Lipinski definition) is 1. The Balaban J connectivity index is 1.61. The summed E-state index contributed by atoms with van der Waals surface area (Å²) in [6.07, 6.45) is 0. The van der Waals surface area contributed by atoms with Crippen LogP contribution in [0.1, 0.15) is 5.56 Å². The molecule has 6 saturated carbocycles. The van der Waals surface area contributed by atoms with Gasteiger partial charge in [-0.3, -0.25) is 0 Å². The number of rotatable bonds is 3. The van der Waals surface area contributed by atoms with E-state index < -0.39 is 49.1 Å². The van der Waals surface area contributed by atoms with Crippen LogP contribution >= 0.6 is 116 Å². The fourth-order valence-electron chi connectivity index (χ4n) is 6.91. The first-order valence-electron chi connectivity index (χ1n) is 8.37. The smallest absolute Gasteiger partial charge is 0.212 e. The van der Waals surface area contributed by atoms with Crippen LogP contribution in [0.25, 0.3) is 0 Å². The second kappa shape index (κ2) is 4.88. The molecule has 0 radical (unpaired) electrons. The molecule has 6 aliphatic rings. The van der Waals surface area contributed by atoms with Crippen molar-refractivity contribution in [1.29, 1.82) is 0 Å². The SMILES string of the molecule is OC1(OCc2ccccc2)C2(Cl)[C@@]3(Cl)C4(Cl)C(Cl)(Cl)C5(Cl)[C@]3(Cl)C1(Cl)[C@]5(Cl)[C@]42Cl. The van der Waals surface area contributed by atoms with Crippen molar-refractivity contribution in [3.05, 3.63) is 35.9 Å². The number of aliphatic hydroxyl groups is 1. The molecule has 4 atom stereocenters. The van der Waals surface area contributed by atoms with Crippen LogP contribution in [-0.2, 0) is 11.3 Å². The van der Waals surface area contributed by atoms with E-state index in [1.165, 1.54) is 0 Å². The molecule has 29 heavy (non-hydrogen) atoms. The van der Waals surface area contributed by atoms with Crippen molar-refractivity contribution in [2.24, 2.45) is 0 Å². The summed E-state index contributed by atoms with van der Waals surface area (Å²) in [4.78, 5) is -15.7. The largest absolute Gasteiger partial charge is 0.362 e. The summed E-state index contributed by atoms with van der Waals surface area (Å²) in [5.74, 6) is -2.41. The van der Waals surface area contributed by atoms with E-state index in [9.17, 15) is 5.11 Å². The predicted octanol–water partition coefficient (Wildman–Crippen LogP) is 5.95. The minimum atomic E-state index is -2.41. The summed E-state index contributed by atoms with van der Waals surface area (Å²) in [6.45, 7) is -0.0857. The van der Waals surface area contributed by atoms with Gasteiger partial charge in [-0.05, 0) is 5.56 Å². The zero-order valence-electron chi connectivity index (χ0n) is 13.7. The maximum absolute atomic E-state index is 11.8. The van der Waals surface area contributed by atoms with Crippen LogP contribution in [-0.4, -0.2) is 54.2 Å². The Kier molecular flexibility index (Phi) is 3.63. The molecule has 0 spiro atoms. The number of ether oxygens (including phenoxy) is 1. The Morgan fingerprint density at radius 1 is 0.586 bits per heavy atom. The minimum Gasteiger partial charge on any atom is -0.362 e. The van der Waals surface area contributed by atoms with E-state index in [0.717, 1.165) is 5.56 Å². The molecule has 0 heterocycles. The third-order valence-electron chi connectivity index (χ3n) is 7.84. The molecule has 12 heteroatoms. The van der Waals surface area contributed by atoms with Gasteiger partial charge < -0.3 is 9.84 Å². The molecule has 2 nitrogen and oxygen atoms in total. The lowest BCUT2D eigenvalue weighted by Gasteiger charge is -2.81. The summed E-state index contributed by atoms with van der Waals surface area (Å²) in [5, 5.41) is 11.8. The quantitative estimate of drug-likeness (QED) is 0.344. The highest BCUT2D eigenvalue weighted by atomic mass is 35.5. The van der Waals surface area contributed by atoms with Crippen LogP contribution in [0.5, 0.6) is 0 Å². The van der Waals surface area contributed by atoms with Gasteiger partial charge in [0.25, 0.3) is 0 Å². The third kappa shape index (κ3) is 1.17. The van der Waals surface area contributed by atoms with E-state index in [1.54, 1.807) is 24.3 Å². The topological polar surface area (TPSA) is 29.5 Å². The Labute approximate surface area is 215 Å². The van der Waals surface area contributed by atoms with Gasteiger partial charge in [-0.25, -0.2) is 0 Å².